The summed E-state index contributed by atoms with van der Waals surface area (Å²) in [6.45, 7) is -0.240. The van der Waals surface area contributed by atoms with E-state index in [9.17, 15) is 31.9 Å². The lowest BCUT2D eigenvalue weighted by Crippen LogP contribution is -2.44. The molecule has 0 aliphatic carbocycles. The molecule has 8 nitrogen and oxygen atoms in total. The van der Waals surface area contributed by atoms with Crippen LogP contribution in [0.2, 0.25) is 5.02 Å². The maximum Gasteiger partial charge on any atom is 0.416 e. The second-order valence-electron chi connectivity index (χ2n) is 10.9. The van der Waals surface area contributed by atoms with Gasteiger partial charge in [-0.05, 0) is 55.1 Å². The minimum Gasteiger partial charge on any atom is -0.492 e. The molecule has 3 aromatic carbocycles. The lowest BCUT2D eigenvalue weighted by atomic mass is 9.94. The molecule has 1 atom stereocenters. The highest BCUT2D eigenvalue weighted by molar-refractivity contribution is 6.34. The number of unbranched alkanes of at least 4 members (excludes halogenated alkanes) is 1. The normalized spacial score (nSPS) is 14.6. The first-order valence-electron chi connectivity index (χ1n) is 14.6. The Labute approximate surface area is 265 Å². The first kappa shape index (κ1) is 33.0. The van der Waals surface area contributed by atoms with Crippen molar-refractivity contribution in [2.75, 3.05) is 13.2 Å². The molecule has 1 aromatic heterocycles. The second kappa shape index (κ2) is 13.9. The van der Waals surface area contributed by atoms with Crippen LogP contribution in [-0.4, -0.2) is 33.4 Å². The van der Waals surface area contributed by atoms with Gasteiger partial charge in [0.25, 0.3) is 5.56 Å². The predicted octanol–water partition coefficient (Wildman–Crippen LogP) is 6.06. The summed E-state index contributed by atoms with van der Waals surface area (Å²) in [5.74, 6) is -1.90. The minimum absolute atomic E-state index is 0.0117. The number of carboxylic acids is 1. The fourth-order valence-corrected chi connectivity index (χ4v) is 5.88. The first-order chi connectivity index (χ1) is 22.0. The Bertz CT molecular complexity index is 1870. The maximum atomic E-state index is 14.9. The van der Waals surface area contributed by atoms with Gasteiger partial charge in [0.2, 0.25) is 0 Å². The summed E-state index contributed by atoms with van der Waals surface area (Å²) in [7, 11) is 0. The third-order valence-electron chi connectivity index (χ3n) is 7.87. The van der Waals surface area contributed by atoms with Crippen LogP contribution in [0.4, 0.5) is 17.6 Å². The highest BCUT2D eigenvalue weighted by Gasteiger charge is 2.35. The molecule has 2 N–H and O–H groups in total. The second-order valence-corrected chi connectivity index (χ2v) is 11.3. The van der Waals surface area contributed by atoms with Crippen molar-refractivity contribution in [1.29, 1.82) is 0 Å². The van der Waals surface area contributed by atoms with Crippen LogP contribution in [0.5, 0.6) is 5.75 Å². The zero-order valence-corrected chi connectivity index (χ0v) is 25.2. The lowest BCUT2D eigenvalue weighted by Gasteiger charge is -2.27. The van der Waals surface area contributed by atoms with Crippen molar-refractivity contribution >= 4 is 17.6 Å². The number of benzene rings is 3. The number of aromatic nitrogens is 2. The summed E-state index contributed by atoms with van der Waals surface area (Å²) >= 11 is 6.68. The molecule has 0 bridgehead atoms. The maximum absolute atomic E-state index is 14.9. The van der Waals surface area contributed by atoms with Crippen molar-refractivity contribution in [2.24, 2.45) is 0 Å². The van der Waals surface area contributed by atoms with E-state index in [4.69, 9.17) is 21.4 Å². The number of nitrogens with zero attached hydrogens (tertiary/aromatic N) is 2. The number of carboxylic acid groups (broad SMARTS) is 1. The smallest absolute Gasteiger partial charge is 0.416 e. The number of halogens is 5. The first-order valence-corrected chi connectivity index (χ1v) is 15.0. The molecular weight excluding hydrogens is 630 g/mol. The molecule has 2 heterocycles. The summed E-state index contributed by atoms with van der Waals surface area (Å²) < 4.78 is 64.1. The number of hydrogen-bond acceptors (Lipinski definition) is 5. The Morgan fingerprint density at radius 2 is 1.78 bits per heavy atom. The van der Waals surface area contributed by atoms with Gasteiger partial charge in [-0.3, -0.25) is 18.7 Å². The number of ether oxygens (including phenoxy) is 1. The standard InChI is InChI=1S/C33H30ClF4N3O5/c34-30-22(9-5-12-28(30)46-16-4-3-13-29(42)43)23-17-40(18-24-25(33(36,37)38)10-6-11-26(24)35)32(45)41(31(23)44)19-27-21-8-2-1-7-20(21)14-15-39-27/h1-2,5-12,17,27,39H,3-4,13-16,18-19H2,(H,42,43)/t27-/m0/s1. The molecule has 46 heavy (non-hydrogen) atoms. The van der Waals surface area contributed by atoms with Gasteiger partial charge < -0.3 is 15.2 Å². The Kier molecular flexibility index (Phi) is 9.97. The van der Waals surface area contributed by atoms with E-state index >= 15 is 0 Å². The minimum atomic E-state index is -4.90. The Morgan fingerprint density at radius 3 is 2.54 bits per heavy atom. The molecule has 0 amide bonds. The Hall–Kier alpha value is -4.42. The quantitative estimate of drug-likeness (QED) is 0.150. The van der Waals surface area contributed by atoms with E-state index < -0.39 is 52.9 Å². The van der Waals surface area contributed by atoms with Gasteiger partial charge >= 0.3 is 17.8 Å². The third-order valence-corrected chi connectivity index (χ3v) is 8.26. The van der Waals surface area contributed by atoms with Crippen molar-refractivity contribution < 1.29 is 32.2 Å². The molecule has 13 heteroatoms. The molecule has 1 aliphatic heterocycles. The van der Waals surface area contributed by atoms with Crippen LogP contribution < -0.4 is 21.3 Å². The van der Waals surface area contributed by atoms with E-state index in [1.165, 1.54) is 6.07 Å². The number of aliphatic carboxylic acids is 1. The fourth-order valence-electron chi connectivity index (χ4n) is 5.60. The molecular formula is C33H30ClF4N3O5. The van der Waals surface area contributed by atoms with Gasteiger partial charge in [-0.25, -0.2) is 9.18 Å². The molecule has 0 fully saturated rings. The number of rotatable bonds is 11. The van der Waals surface area contributed by atoms with E-state index in [0.717, 1.165) is 51.1 Å². The van der Waals surface area contributed by atoms with Gasteiger partial charge in [0, 0.05) is 23.7 Å². The molecule has 1 aliphatic rings. The SMILES string of the molecule is O=C(O)CCCCOc1cccc(-c2cn(Cc3c(F)cccc3C(F)(F)F)c(=O)n(C[C@@H]3NCCc4ccccc43)c2=O)c1Cl. The zero-order chi connectivity index (χ0) is 33.0. The van der Waals surface area contributed by atoms with Crippen LogP contribution in [0, 0.1) is 5.82 Å². The number of alkyl halides is 3. The summed E-state index contributed by atoms with van der Waals surface area (Å²) in [5.41, 5.74) is -1.69. The van der Waals surface area contributed by atoms with Crippen LogP contribution in [0.3, 0.4) is 0 Å². The van der Waals surface area contributed by atoms with E-state index in [1.54, 1.807) is 12.1 Å². The summed E-state index contributed by atoms with van der Waals surface area (Å²) in [6, 6.07) is 14.3. The van der Waals surface area contributed by atoms with Crippen molar-refractivity contribution in [2.45, 2.75) is 51.0 Å². The predicted molar refractivity (Wildman–Crippen MR) is 164 cm³/mol. The molecule has 242 valence electrons. The number of carbonyl (C=O) groups is 1. The van der Waals surface area contributed by atoms with Gasteiger partial charge in [-0.1, -0.05) is 54.1 Å². The molecule has 4 aromatic rings. The Morgan fingerprint density at radius 1 is 1.02 bits per heavy atom. The van der Waals surface area contributed by atoms with Crippen molar-refractivity contribution in [3.63, 3.8) is 0 Å². The number of hydrogen-bond donors (Lipinski definition) is 2. The van der Waals surface area contributed by atoms with Crippen LogP contribution in [0.25, 0.3) is 11.1 Å². The van der Waals surface area contributed by atoms with Crippen LogP contribution in [0.1, 0.15) is 47.6 Å². The lowest BCUT2D eigenvalue weighted by molar-refractivity contribution is -0.139. The van der Waals surface area contributed by atoms with E-state index in [1.807, 2.05) is 24.3 Å². The molecule has 0 unspecified atom stereocenters. The van der Waals surface area contributed by atoms with Gasteiger partial charge in [-0.15, -0.1) is 0 Å². The van der Waals surface area contributed by atoms with E-state index in [-0.39, 0.29) is 41.5 Å². The zero-order valence-electron chi connectivity index (χ0n) is 24.4. The van der Waals surface area contributed by atoms with Gasteiger partial charge in [0.1, 0.15) is 11.6 Å². The highest BCUT2D eigenvalue weighted by atomic mass is 35.5. The fraction of sp³-hybridized carbons (Fsp3) is 0.303. The highest BCUT2D eigenvalue weighted by Crippen LogP contribution is 2.35. The topological polar surface area (TPSA) is 103 Å². The van der Waals surface area contributed by atoms with Crippen LogP contribution in [-0.2, 0) is 30.5 Å². The molecule has 0 spiro atoms. The molecule has 5 rings (SSSR count). The van der Waals surface area contributed by atoms with Gasteiger partial charge in [0.15, 0.2) is 0 Å². The Balaban J connectivity index is 1.61. The summed E-state index contributed by atoms with van der Waals surface area (Å²) in [5, 5.41) is 12.2. The van der Waals surface area contributed by atoms with E-state index in [2.05, 4.69) is 5.32 Å². The average Bonchev–Trinajstić information content (AvgIpc) is 3.01. The van der Waals surface area contributed by atoms with Gasteiger partial charge in [0.05, 0.1) is 41.9 Å². The summed E-state index contributed by atoms with van der Waals surface area (Å²) in [4.78, 5) is 38.6. The monoisotopic (exact) mass is 659 g/mol. The largest absolute Gasteiger partial charge is 0.492 e. The van der Waals surface area contributed by atoms with Crippen molar-refractivity contribution in [1.82, 2.24) is 14.5 Å². The van der Waals surface area contributed by atoms with Crippen molar-refractivity contribution in [3.8, 4) is 16.9 Å². The third kappa shape index (κ3) is 7.18. The van der Waals surface area contributed by atoms with E-state index in [0.29, 0.717) is 19.4 Å². The molecule has 0 saturated heterocycles. The number of nitrogens with one attached hydrogen (secondary N) is 1. The van der Waals surface area contributed by atoms with Crippen molar-refractivity contribution in [3.05, 3.63) is 121 Å². The van der Waals surface area contributed by atoms with Crippen LogP contribution in [0.15, 0.2) is 76.4 Å². The van der Waals surface area contributed by atoms with Crippen LogP contribution >= 0.6 is 11.6 Å². The molecule has 0 saturated carbocycles. The number of fused-ring (bicyclic) bond motifs is 1. The average molecular weight is 660 g/mol. The van der Waals surface area contributed by atoms with Gasteiger partial charge in [-0.2, -0.15) is 13.2 Å². The molecule has 0 radical (unpaired) electrons. The summed E-state index contributed by atoms with van der Waals surface area (Å²) in [6.07, 6.45) is -2.31.